The number of aryl methyl sites for hydroxylation is 1. The van der Waals surface area contributed by atoms with E-state index in [1.54, 1.807) is 17.7 Å². The van der Waals surface area contributed by atoms with Crippen molar-refractivity contribution < 1.29 is 4.74 Å². The first-order valence-electron chi connectivity index (χ1n) is 6.29. The van der Waals surface area contributed by atoms with Gasteiger partial charge in [0.05, 0.1) is 10.9 Å². The van der Waals surface area contributed by atoms with Crippen molar-refractivity contribution in [2.24, 2.45) is 5.73 Å². The first-order chi connectivity index (χ1) is 8.66. The zero-order valence-electron chi connectivity index (χ0n) is 10.5. The summed E-state index contributed by atoms with van der Waals surface area (Å²) in [6.07, 6.45) is 6.06. The molecule has 2 heterocycles. The van der Waals surface area contributed by atoms with Crippen molar-refractivity contribution in [3.63, 3.8) is 0 Å². The predicted octanol–water partition coefficient (Wildman–Crippen LogP) is 2.65. The minimum atomic E-state index is -0.164. The molecule has 5 heteroatoms. The zero-order chi connectivity index (χ0) is 12.6. The number of hydrogen-bond acceptors (Lipinski definition) is 5. The molecule has 0 spiro atoms. The minimum Gasteiger partial charge on any atom is -0.475 e. The molecule has 18 heavy (non-hydrogen) atoms. The third-order valence-corrected chi connectivity index (χ3v) is 4.47. The maximum atomic E-state index is 6.29. The van der Waals surface area contributed by atoms with Crippen LogP contribution in [0.5, 0.6) is 5.88 Å². The Bertz CT molecular complexity index is 560. The van der Waals surface area contributed by atoms with Gasteiger partial charge >= 0.3 is 0 Å². The van der Waals surface area contributed by atoms with Crippen molar-refractivity contribution in [1.82, 2.24) is 9.97 Å². The van der Waals surface area contributed by atoms with Crippen LogP contribution in [-0.2, 0) is 0 Å². The molecule has 0 aliphatic heterocycles. The summed E-state index contributed by atoms with van der Waals surface area (Å²) >= 11 is 1.66. The lowest BCUT2D eigenvalue weighted by Crippen LogP contribution is -2.42. The van der Waals surface area contributed by atoms with Crippen molar-refractivity contribution in [3.05, 3.63) is 17.3 Å². The Morgan fingerprint density at radius 2 is 2.17 bits per heavy atom. The average molecular weight is 263 g/mol. The van der Waals surface area contributed by atoms with Gasteiger partial charge in [0.25, 0.3) is 0 Å². The van der Waals surface area contributed by atoms with E-state index >= 15 is 0 Å². The van der Waals surface area contributed by atoms with Crippen molar-refractivity contribution in [3.8, 4) is 5.88 Å². The summed E-state index contributed by atoms with van der Waals surface area (Å²) in [5.41, 5.74) is 6.13. The van der Waals surface area contributed by atoms with Gasteiger partial charge in [0.1, 0.15) is 17.8 Å². The highest BCUT2D eigenvalue weighted by Crippen LogP contribution is 2.31. The molecule has 0 saturated heterocycles. The smallest absolute Gasteiger partial charge is 0.225 e. The van der Waals surface area contributed by atoms with Crippen LogP contribution in [-0.4, -0.2) is 22.1 Å². The van der Waals surface area contributed by atoms with E-state index in [0.29, 0.717) is 12.5 Å². The van der Waals surface area contributed by atoms with Crippen LogP contribution in [0.4, 0.5) is 0 Å². The second-order valence-electron chi connectivity index (χ2n) is 5.11. The van der Waals surface area contributed by atoms with Crippen LogP contribution in [0.2, 0.25) is 0 Å². The maximum absolute atomic E-state index is 6.29. The molecule has 4 nitrogen and oxygen atoms in total. The molecule has 0 amide bonds. The van der Waals surface area contributed by atoms with Crippen molar-refractivity contribution in [2.45, 2.75) is 38.1 Å². The fourth-order valence-corrected chi connectivity index (χ4v) is 3.34. The molecule has 0 unspecified atom stereocenters. The molecule has 0 atom stereocenters. The Balaban J connectivity index is 1.82. The monoisotopic (exact) mass is 263 g/mol. The Morgan fingerprint density at radius 3 is 2.94 bits per heavy atom. The number of nitrogens with two attached hydrogens (primary N) is 1. The summed E-state index contributed by atoms with van der Waals surface area (Å²) in [5, 5.41) is 1.00. The highest BCUT2D eigenvalue weighted by Gasteiger charge is 2.30. The lowest BCUT2D eigenvalue weighted by molar-refractivity contribution is 0.216. The van der Waals surface area contributed by atoms with Crippen molar-refractivity contribution in [1.29, 1.82) is 0 Å². The van der Waals surface area contributed by atoms with E-state index in [0.717, 1.165) is 23.1 Å². The van der Waals surface area contributed by atoms with Crippen molar-refractivity contribution >= 4 is 21.6 Å². The molecule has 1 fully saturated rings. The summed E-state index contributed by atoms with van der Waals surface area (Å²) in [6.45, 7) is 2.62. The van der Waals surface area contributed by atoms with Crippen LogP contribution in [0.25, 0.3) is 10.2 Å². The van der Waals surface area contributed by atoms with Crippen LogP contribution < -0.4 is 10.5 Å². The maximum Gasteiger partial charge on any atom is 0.225 e. The van der Waals surface area contributed by atoms with Gasteiger partial charge in [-0.15, -0.1) is 11.3 Å². The molecule has 96 valence electrons. The first-order valence-corrected chi connectivity index (χ1v) is 7.11. The number of ether oxygens (including phenoxy) is 1. The molecule has 2 aromatic rings. The first kappa shape index (κ1) is 11.9. The van der Waals surface area contributed by atoms with Crippen LogP contribution in [0.1, 0.15) is 30.6 Å². The SMILES string of the molecule is Cc1cc2c(OCC3(N)CCCC3)ncnc2s1. The number of rotatable bonds is 3. The number of thiophene rings is 1. The van der Waals surface area contributed by atoms with Gasteiger partial charge in [0.15, 0.2) is 0 Å². The van der Waals surface area contributed by atoms with Gasteiger partial charge in [-0.25, -0.2) is 9.97 Å². The highest BCUT2D eigenvalue weighted by atomic mass is 32.1. The molecule has 2 aromatic heterocycles. The van der Waals surface area contributed by atoms with E-state index in [1.807, 2.05) is 0 Å². The van der Waals surface area contributed by atoms with Gasteiger partial charge in [0, 0.05) is 4.88 Å². The largest absolute Gasteiger partial charge is 0.475 e. The summed E-state index contributed by atoms with van der Waals surface area (Å²) in [4.78, 5) is 10.7. The molecule has 0 bridgehead atoms. The number of hydrogen-bond donors (Lipinski definition) is 1. The molecule has 1 saturated carbocycles. The van der Waals surface area contributed by atoms with Gasteiger partial charge < -0.3 is 10.5 Å². The summed E-state index contributed by atoms with van der Waals surface area (Å²) in [7, 11) is 0. The second kappa shape index (κ2) is 4.48. The average Bonchev–Trinajstić information content (AvgIpc) is 2.92. The minimum absolute atomic E-state index is 0.164. The molecule has 1 aliphatic rings. The number of nitrogens with zero attached hydrogens (tertiary/aromatic N) is 2. The fourth-order valence-electron chi connectivity index (χ4n) is 2.50. The van der Waals surface area contributed by atoms with E-state index in [1.165, 1.54) is 17.7 Å². The van der Waals surface area contributed by atoms with E-state index in [-0.39, 0.29) is 5.54 Å². The van der Waals surface area contributed by atoms with E-state index < -0.39 is 0 Å². The van der Waals surface area contributed by atoms with Crippen LogP contribution in [0, 0.1) is 6.92 Å². The lowest BCUT2D eigenvalue weighted by Gasteiger charge is -2.23. The van der Waals surface area contributed by atoms with Crippen molar-refractivity contribution in [2.75, 3.05) is 6.61 Å². The number of aromatic nitrogens is 2. The van der Waals surface area contributed by atoms with Crippen LogP contribution >= 0.6 is 11.3 Å². The second-order valence-corrected chi connectivity index (χ2v) is 6.35. The summed E-state index contributed by atoms with van der Waals surface area (Å²) in [5.74, 6) is 0.668. The molecule has 2 N–H and O–H groups in total. The molecule has 3 rings (SSSR count). The molecular weight excluding hydrogens is 246 g/mol. The van der Waals surface area contributed by atoms with E-state index in [4.69, 9.17) is 10.5 Å². The normalized spacial score (nSPS) is 18.3. The van der Waals surface area contributed by atoms with Gasteiger partial charge in [-0.05, 0) is 25.8 Å². The standard InChI is InChI=1S/C13H17N3OS/c1-9-6-10-11(15-8-16-12(10)18-9)17-7-13(14)4-2-3-5-13/h6,8H,2-5,7,14H2,1H3. The number of fused-ring (bicyclic) bond motifs is 1. The third kappa shape index (κ3) is 2.20. The van der Waals surface area contributed by atoms with Gasteiger partial charge in [-0.3, -0.25) is 0 Å². The Hall–Kier alpha value is -1.20. The Labute approximate surface area is 110 Å². The van der Waals surface area contributed by atoms with Crippen LogP contribution in [0.15, 0.2) is 12.4 Å². The molecule has 1 aliphatic carbocycles. The summed E-state index contributed by atoms with van der Waals surface area (Å²) < 4.78 is 5.85. The summed E-state index contributed by atoms with van der Waals surface area (Å²) in [6, 6.07) is 2.08. The third-order valence-electron chi connectivity index (χ3n) is 3.51. The lowest BCUT2D eigenvalue weighted by atomic mass is 10.0. The molecular formula is C13H17N3OS. The topological polar surface area (TPSA) is 61.0 Å². The van der Waals surface area contributed by atoms with Gasteiger partial charge in [-0.1, -0.05) is 12.8 Å². The fraction of sp³-hybridized carbons (Fsp3) is 0.538. The quantitative estimate of drug-likeness (QED) is 0.924. The Kier molecular flexibility index (Phi) is 2.95. The predicted molar refractivity (Wildman–Crippen MR) is 73.0 cm³/mol. The van der Waals surface area contributed by atoms with E-state index in [2.05, 4.69) is 23.0 Å². The Morgan fingerprint density at radius 1 is 1.39 bits per heavy atom. The molecule has 0 aromatic carbocycles. The van der Waals surface area contributed by atoms with Gasteiger partial charge in [-0.2, -0.15) is 0 Å². The van der Waals surface area contributed by atoms with Crippen LogP contribution in [0.3, 0.4) is 0 Å². The van der Waals surface area contributed by atoms with Gasteiger partial charge in [0.2, 0.25) is 5.88 Å². The highest BCUT2D eigenvalue weighted by molar-refractivity contribution is 7.18. The zero-order valence-corrected chi connectivity index (χ0v) is 11.3. The molecule has 0 radical (unpaired) electrons. The van der Waals surface area contributed by atoms with E-state index in [9.17, 15) is 0 Å².